The molecule has 4 rings (SSSR count). The van der Waals surface area contributed by atoms with Crippen molar-refractivity contribution in [3.05, 3.63) is 36.2 Å². The Bertz CT molecular complexity index is 727. The van der Waals surface area contributed by atoms with Crippen molar-refractivity contribution in [3.8, 4) is 11.4 Å². The highest BCUT2D eigenvalue weighted by Crippen LogP contribution is 2.26. The zero-order chi connectivity index (χ0) is 17.8. The van der Waals surface area contributed by atoms with Crippen LogP contribution in [-0.4, -0.2) is 58.5 Å². The van der Waals surface area contributed by atoms with Crippen LogP contribution in [0.4, 0.5) is 4.79 Å². The molecule has 0 bridgehead atoms. The molecule has 7 nitrogen and oxygen atoms in total. The number of carbonyl (C=O) groups excluding carboxylic acids is 1. The van der Waals surface area contributed by atoms with Gasteiger partial charge in [-0.1, -0.05) is 30.3 Å². The van der Waals surface area contributed by atoms with Crippen LogP contribution in [0.1, 0.15) is 37.4 Å². The summed E-state index contributed by atoms with van der Waals surface area (Å²) in [4.78, 5) is 19.0. The minimum atomic E-state index is -0.00648. The summed E-state index contributed by atoms with van der Waals surface area (Å²) in [5.41, 5.74) is 0.997. The SMILES string of the molecule is O=C(NC[C@H]1CCCO1)N1CCC[C@H](c2nc(-c3ccccc3)n[nH]2)C1. The van der Waals surface area contributed by atoms with Gasteiger partial charge >= 0.3 is 6.03 Å². The fraction of sp³-hybridized carbons (Fsp3) is 0.526. The first-order valence-corrected chi connectivity index (χ1v) is 9.41. The van der Waals surface area contributed by atoms with Crippen LogP contribution in [0.25, 0.3) is 11.4 Å². The van der Waals surface area contributed by atoms with Crippen LogP contribution >= 0.6 is 0 Å². The van der Waals surface area contributed by atoms with Gasteiger partial charge in [-0.15, -0.1) is 0 Å². The third-order valence-corrected chi connectivity index (χ3v) is 5.13. The number of carbonyl (C=O) groups is 1. The van der Waals surface area contributed by atoms with E-state index in [0.29, 0.717) is 18.9 Å². The number of urea groups is 1. The summed E-state index contributed by atoms with van der Waals surface area (Å²) in [5, 5.41) is 10.4. The van der Waals surface area contributed by atoms with Gasteiger partial charge in [-0.2, -0.15) is 5.10 Å². The largest absolute Gasteiger partial charge is 0.376 e. The minimum Gasteiger partial charge on any atom is -0.376 e. The van der Waals surface area contributed by atoms with Gasteiger partial charge in [0.2, 0.25) is 0 Å². The number of H-pyrrole nitrogens is 1. The van der Waals surface area contributed by atoms with Crippen LogP contribution in [-0.2, 0) is 4.74 Å². The van der Waals surface area contributed by atoms with E-state index in [1.165, 1.54) is 0 Å². The topological polar surface area (TPSA) is 83.1 Å². The van der Waals surface area contributed by atoms with E-state index in [9.17, 15) is 4.79 Å². The Morgan fingerprint density at radius 1 is 1.27 bits per heavy atom. The van der Waals surface area contributed by atoms with E-state index in [2.05, 4.69) is 20.5 Å². The number of likely N-dealkylation sites (tertiary alicyclic amines) is 1. The first kappa shape index (κ1) is 17.0. The summed E-state index contributed by atoms with van der Waals surface area (Å²) in [7, 11) is 0. The van der Waals surface area contributed by atoms with Crippen molar-refractivity contribution in [2.45, 2.75) is 37.7 Å². The highest BCUT2D eigenvalue weighted by molar-refractivity contribution is 5.74. The number of amides is 2. The summed E-state index contributed by atoms with van der Waals surface area (Å²) >= 11 is 0. The van der Waals surface area contributed by atoms with Crippen LogP contribution in [0.5, 0.6) is 0 Å². The molecule has 0 unspecified atom stereocenters. The summed E-state index contributed by atoms with van der Waals surface area (Å²) in [6.45, 7) is 2.86. The highest BCUT2D eigenvalue weighted by Gasteiger charge is 2.27. The molecule has 2 saturated heterocycles. The molecule has 2 amide bonds. The van der Waals surface area contributed by atoms with E-state index in [1.54, 1.807) is 0 Å². The number of hydrogen-bond donors (Lipinski definition) is 2. The average molecular weight is 355 g/mol. The van der Waals surface area contributed by atoms with Crippen molar-refractivity contribution in [2.75, 3.05) is 26.2 Å². The van der Waals surface area contributed by atoms with E-state index in [4.69, 9.17) is 4.74 Å². The highest BCUT2D eigenvalue weighted by atomic mass is 16.5. The van der Waals surface area contributed by atoms with Crippen molar-refractivity contribution < 1.29 is 9.53 Å². The van der Waals surface area contributed by atoms with Crippen molar-refractivity contribution in [1.29, 1.82) is 0 Å². The Labute approximate surface area is 153 Å². The molecule has 2 aliphatic heterocycles. The lowest BCUT2D eigenvalue weighted by Gasteiger charge is -2.32. The van der Waals surface area contributed by atoms with Crippen LogP contribution in [0, 0.1) is 0 Å². The van der Waals surface area contributed by atoms with Crippen molar-refractivity contribution in [2.24, 2.45) is 0 Å². The smallest absolute Gasteiger partial charge is 0.317 e. The Morgan fingerprint density at radius 3 is 2.96 bits per heavy atom. The molecule has 2 atom stereocenters. The molecule has 2 aromatic rings. The molecular formula is C19H25N5O2. The fourth-order valence-corrected chi connectivity index (χ4v) is 3.68. The summed E-state index contributed by atoms with van der Waals surface area (Å²) < 4.78 is 5.57. The number of nitrogens with one attached hydrogen (secondary N) is 2. The third-order valence-electron chi connectivity index (χ3n) is 5.13. The van der Waals surface area contributed by atoms with Crippen molar-refractivity contribution in [3.63, 3.8) is 0 Å². The summed E-state index contributed by atoms with van der Waals surface area (Å²) in [6, 6.07) is 9.92. The van der Waals surface area contributed by atoms with Gasteiger partial charge in [0.25, 0.3) is 0 Å². The number of piperidine rings is 1. The van der Waals surface area contributed by atoms with Crippen LogP contribution < -0.4 is 5.32 Å². The monoisotopic (exact) mass is 355 g/mol. The van der Waals surface area contributed by atoms with Crippen LogP contribution in [0.15, 0.2) is 30.3 Å². The summed E-state index contributed by atoms with van der Waals surface area (Å²) in [6.07, 6.45) is 4.27. The molecule has 2 N–H and O–H groups in total. The molecule has 3 heterocycles. The van der Waals surface area contributed by atoms with Gasteiger partial charge in [-0.25, -0.2) is 9.78 Å². The average Bonchev–Trinajstić information content (AvgIpc) is 3.39. The number of nitrogens with zero attached hydrogens (tertiary/aromatic N) is 3. The molecule has 138 valence electrons. The van der Waals surface area contributed by atoms with E-state index >= 15 is 0 Å². The van der Waals surface area contributed by atoms with E-state index < -0.39 is 0 Å². The molecule has 2 fully saturated rings. The Balaban J connectivity index is 1.36. The second kappa shape index (κ2) is 7.86. The lowest BCUT2D eigenvalue weighted by Crippen LogP contribution is -2.46. The van der Waals surface area contributed by atoms with Gasteiger partial charge in [0.1, 0.15) is 5.82 Å². The maximum Gasteiger partial charge on any atom is 0.317 e. The van der Waals surface area contributed by atoms with Gasteiger partial charge < -0.3 is 15.0 Å². The molecule has 2 aliphatic rings. The maximum atomic E-state index is 12.5. The zero-order valence-corrected chi connectivity index (χ0v) is 14.9. The predicted octanol–water partition coefficient (Wildman–Crippen LogP) is 2.54. The van der Waals surface area contributed by atoms with E-state index in [-0.39, 0.29) is 18.1 Å². The molecule has 1 aromatic heterocycles. The number of hydrogen-bond acceptors (Lipinski definition) is 4. The number of rotatable bonds is 4. The molecule has 7 heteroatoms. The second-order valence-corrected chi connectivity index (χ2v) is 7.02. The first-order chi connectivity index (χ1) is 12.8. The standard InChI is InChI=1S/C19H25N5O2/c25-19(20-12-16-9-5-11-26-16)24-10-4-8-15(13-24)18-21-17(22-23-18)14-6-2-1-3-7-14/h1-3,6-7,15-16H,4-5,8-13H2,(H,20,25)(H,21,22,23)/t15-,16+/m0/s1. The minimum absolute atomic E-state index is 0.00648. The maximum absolute atomic E-state index is 12.5. The van der Waals surface area contributed by atoms with E-state index in [1.807, 2.05) is 35.2 Å². The molecule has 0 saturated carbocycles. The lowest BCUT2D eigenvalue weighted by molar-refractivity contribution is 0.107. The number of aromatic amines is 1. The first-order valence-electron chi connectivity index (χ1n) is 9.41. The van der Waals surface area contributed by atoms with Gasteiger partial charge in [0, 0.05) is 37.7 Å². The lowest BCUT2D eigenvalue weighted by atomic mass is 9.97. The van der Waals surface area contributed by atoms with Crippen molar-refractivity contribution >= 4 is 6.03 Å². The number of ether oxygens (including phenoxy) is 1. The van der Waals surface area contributed by atoms with Gasteiger partial charge in [-0.05, 0) is 25.7 Å². The molecule has 0 aliphatic carbocycles. The van der Waals surface area contributed by atoms with Gasteiger partial charge in [0.15, 0.2) is 5.82 Å². The van der Waals surface area contributed by atoms with Crippen LogP contribution in [0.3, 0.4) is 0 Å². The Kier molecular flexibility index (Phi) is 5.15. The van der Waals surface area contributed by atoms with Gasteiger partial charge in [-0.3, -0.25) is 5.10 Å². The molecule has 0 radical (unpaired) electrons. The number of aromatic nitrogens is 3. The normalized spacial score (nSPS) is 23.2. The van der Waals surface area contributed by atoms with Crippen molar-refractivity contribution in [1.82, 2.24) is 25.4 Å². The molecule has 0 spiro atoms. The second-order valence-electron chi connectivity index (χ2n) is 7.02. The predicted molar refractivity (Wildman–Crippen MR) is 97.7 cm³/mol. The molecular weight excluding hydrogens is 330 g/mol. The molecule has 26 heavy (non-hydrogen) atoms. The fourth-order valence-electron chi connectivity index (χ4n) is 3.68. The Hall–Kier alpha value is -2.41. The molecule has 1 aromatic carbocycles. The zero-order valence-electron chi connectivity index (χ0n) is 14.9. The van der Waals surface area contributed by atoms with Gasteiger partial charge in [0.05, 0.1) is 6.10 Å². The van der Waals surface area contributed by atoms with Crippen LogP contribution in [0.2, 0.25) is 0 Å². The third kappa shape index (κ3) is 3.88. The number of benzene rings is 1. The quantitative estimate of drug-likeness (QED) is 0.883. The van der Waals surface area contributed by atoms with E-state index in [0.717, 1.165) is 50.2 Å². The Morgan fingerprint density at radius 2 is 2.15 bits per heavy atom. The summed E-state index contributed by atoms with van der Waals surface area (Å²) in [5.74, 6) is 1.77.